The van der Waals surface area contributed by atoms with Crippen molar-refractivity contribution in [3.8, 4) is 11.8 Å². The molecule has 3 nitrogen and oxygen atoms in total. The first-order valence-electron chi connectivity index (χ1n) is 7.72. The van der Waals surface area contributed by atoms with E-state index in [1.54, 1.807) is 13.8 Å². The highest BCUT2D eigenvalue weighted by Crippen LogP contribution is 2.18. The molecule has 0 rings (SSSR count). The monoisotopic (exact) mass is 322 g/mol. The number of hydrogen-bond acceptors (Lipinski definition) is 3. The van der Waals surface area contributed by atoms with E-state index < -0.39 is 19.8 Å². The zero-order chi connectivity index (χ0) is 17.6. The van der Waals surface area contributed by atoms with Gasteiger partial charge in [0.1, 0.15) is 5.60 Å². The second kappa shape index (κ2) is 8.38. The van der Waals surface area contributed by atoms with E-state index >= 15 is 0 Å². The second-order valence-electron chi connectivity index (χ2n) is 6.99. The van der Waals surface area contributed by atoms with Gasteiger partial charge in [0.15, 0.2) is 8.32 Å². The first-order chi connectivity index (χ1) is 9.88. The molecule has 0 spiro atoms. The highest BCUT2D eigenvalue weighted by atomic mass is 28.4. The van der Waals surface area contributed by atoms with Crippen LogP contribution in [0.2, 0.25) is 19.6 Å². The number of hydrogen-bond donors (Lipinski definition) is 0. The van der Waals surface area contributed by atoms with E-state index in [9.17, 15) is 4.79 Å². The largest absolute Gasteiger partial charge is 0.465 e. The van der Waals surface area contributed by atoms with Crippen molar-refractivity contribution >= 4 is 14.3 Å². The van der Waals surface area contributed by atoms with Crippen molar-refractivity contribution in [2.24, 2.45) is 5.92 Å². The maximum absolute atomic E-state index is 11.9. The summed E-state index contributed by atoms with van der Waals surface area (Å²) >= 11 is 0. The summed E-state index contributed by atoms with van der Waals surface area (Å²) < 4.78 is 11.1. The fraction of sp³-hybridized carbons (Fsp3) is 0.667. The van der Waals surface area contributed by atoms with Crippen LogP contribution in [0.15, 0.2) is 16.9 Å². The van der Waals surface area contributed by atoms with Crippen LogP contribution in [0.3, 0.4) is 0 Å². The molecule has 22 heavy (non-hydrogen) atoms. The average molecular weight is 323 g/mol. The van der Waals surface area contributed by atoms with Crippen molar-refractivity contribution in [3.05, 3.63) is 16.9 Å². The molecule has 0 aromatic rings. The molecule has 0 aromatic heterocycles. The minimum Gasteiger partial charge on any atom is -0.465 e. The normalized spacial score (nSPS) is 12.6. The first-order valence-corrected chi connectivity index (χ1v) is 11.1. The van der Waals surface area contributed by atoms with Crippen molar-refractivity contribution in [2.45, 2.75) is 66.8 Å². The maximum Gasteiger partial charge on any atom is 0.314 e. The standard InChI is InChI=1S/C18H30O3Si/c1-10-20-17(19)15(4)16(13-14(2)3)11-12-18(5,6)21-22(7,8)9/h15H,10H2,1-9H3. The molecule has 0 radical (unpaired) electrons. The molecule has 1 unspecified atom stereocenters. The summed E-state index contributed by atoms with van der Waals surface area (Å²) in [6, 6.07) is 0. The Morgan fingerprint density at radius 3 is 2.18 bits per heavy atom. The van der Waals surface area contributed by atoms with Gasteiger partial charge in [-0.05, 0) is 66.8 Å². The van der Waals surface area contributed by atoms with Crippen LogP contribution in [0.4, 0.5) is 0 Å². The summed E-state index contributed by atoms with van der Waals surface area (Å²) in [7, 11) is -1.69. The fourth-order valence-corrected chi connectivity index (χ4v) is 3.49. The van der Waals surface area contributed by atoms with Gasteiger partial charge in [-0.25, -0.2) is 0 Å². The summed E-state index contributed by atoms with van der Waals surface area (Å²) in [5.74, 6) is 5.53. The molecule has 124 valence electrons. The van der Waals surface area contributed by atoms with E-state index in [1.807, 2.05) is 27.7 Å². The number of carbonyl (C=O) groups excluding carboxylic acids is 1. The molecule has 0 amide bonds. The molecule has 0 aromatic carbocycles. The van der Waals surface area contributed by atoms with Crippen molar-refractivity contribution in [1.82, 2.24) is 0 Å². The van der Waals surface area contributed by atoms with E-state index in [-0.39, 0.29) is 5.97 Å². The lowest BCUT2D eigenvalue weighted by Crippen LogP contribution is -2.37. The Balaban J connectivity index is 5.52. The third-order valence-corrected chi connectivity index (χ3v) is 3.64. The summed E-state index contributed by atoms with van der Waals surface area (Å²) in [6.07, 6.45) is 0. The molecular weight excluding hydrogens is 292 g/mol. The Kier molecular flexibility index (Phi) is 7.90. The van der Waals surface area contributed by atoms with Gasteiger partial charge in [-0.15, -0.1) is 5.73 Å². The molecule has 0 aliphatic rings. The van der Waals surface area contributed by atoms with Gasteiger partial charge in [-0.1, -0.05) is 11.8 Å². The van der Waals surface area contributed by atoms with Gasteiger partial charge in [0.25, 0.3) is 0 Å². The van der Waals surface area contributed by atoms with Gasteiger partial charge in [0, 0.05) is 0 Å². The molecular formula is C18H30O3Si. The Hall–Kier alpha value is -1.27. The Bertz CT molecular complexity index is 517. The van der Waals surface area contributed by atoms with Crippen LogP contribution in [-0.4, -0.2) is 26.5 Å². The summed E-state index contributed by atoms with van der Waals surface area (Å²) in [5, 5.41) is 0. The highest BCUT2D eigenvalue weighted by molar-refractivity contribution is 6.69. The Morgan fingerprint density at radius 2 is 1.77 bits per heavy atom. The van der Waals surface area contributed by atoms with Crippen molar-refractivity contribution in [1.29, 1.82) is 0 Å². The van der Waals surface area contributed by atoms with Gasteiger partial charge in [0.05, 0.1) is 18.1 Å². The van der Waals surface area contributed by atoms with Crippen LogP contribution in [0.1, 0.15) is 41.5 Å². The molecule has 0 bridgehead atoms. The fourth-order valence-electron chi connectivity index (χ4n) is 1.91. The lowest BCUT2D eigenvalue weighted by atomic mass is 10.0. The average Bonchev–Trinajstić information content (AvgIpc) is 2.30. The van der Waals surface area contributed by atoms with Gasteiger partial charge < -0.3 is 9.16 Å². The zero-order valence-electron chi connectivity index (χ0n) is 15.5. The third-order valence-electron chi connectivity index (χ3n) is 2.52. The zero-order valence-corrected chi connectivity index (χ0v) is 16.5. The van der Waals surface area contributed by atoms with Crippen LogP contribution in [0.25, 0.3) is 0 Å². The van der Waals surface area contributed by atoms with Gasteiger partial charge in [0.2, 0.25) is 0 Å². The number of carbonyl (C=O) groups is 1. The molecule has 0 N–H and O–H groups in total. The third kappa shape index (κ3) is 8.89. The molecule has 0 aliphatic heterocycles. The van der Waals surface area contributed by atoms with Crippen molar-refractivity contribution in [3.63, 3.8) is 0 Å². The maximum atomic E-state index is 11.9. The predicted octanol–water partition coefficient (Wildman–Crippen LogP) is 4.31. The quantitative estimate of drug-likeness (QED) is 0.327. The summed E-state index contributed by atoms with van der Waals surface area (Å²) in [6.45, 7) is 18.1. The number of rotatable bonds is 5. The van der Waals surface area contributed by atoms with E-state index in [1.165, 1.54) is 0 Å². The minimum atomic E-state index is -1.69. The predicted molar refractivity (Wildman–Crippen MR) is 94.0 cm³/mol. The Labute approximate surface area is 136 Å². The minimum absolute atomic E-state index is 0.274. The Morgan fingerprint density at radius 1 is 1.23 bits per heavy atom. The smallest absolute Gasteiger partial charge is 0.314 e. The molecule has 0 saturated carbocycles. The summed E-state index contributed by atoms with van der Waals surface area (Å²) in [4.78, 5) is 11.9. The van der Waals surface area contributed by atoms with Crippen LogP contribution >= 0.6 is 0 Å². The SMILES string of the molecule is CCOC(=O)C(C)C(=C=C(C)C)C#CC(C)(C)O[Si](C)(C)C. The van der Waals surface area contributed by atoms with Gasteiger partial charge in [-0.3, -0.25) is 4.79 Å². The number of ether oxygens (including phenoxy) is 1. The molecule has 0 heterocycles. The topological polar surface area (TPSA) is 35.5 Å². The number of esters is 1. The van der Waals surface area contributed by atoms with E-state index in [4.69, 9.17) is 9.16 Å². The van der Waals surface area contributed by atoms with Gasteiger partial charge >= 0.3 is 5.97 Å². The van der Waals surface area contributed by atoms with Crippen molar-refractivity contribution < 1.29 is 14.0 Å². The molecule has 0 fully saturated rings. The van der Waals surface area contributed by atoms with E-state index in [2.05, 4.69) is 37.2 Å². The summed E-state index contributed by atoms with van der Waals surface area (Å²) in [5.41, 5.74) is 4.24. The van der Waals surface area contributed by atoms with Crippen LogP contribution in [-0.2, 0) is 14.0 Å². The van der Waals surface area contributed by atoms with Crippen molar-refractivity contribution in [2.75, 3.05) is 6.61 Å². The van der Waals surface area contributed by atoms with Crippen LogP contribution < -0.4 is 0 Å². The molecule has 4 heteroatoms. The highest BCUT2D eigenvalue weighted by Gasteiger charge is 2.26. The molecule has 1 atom stereocenters. The lowest BCUT2D eigenvalue weighted by molar-refractivity contribution is -0.145. The first kappa shape index (κ1) is 20.7. The second-order valence-corrected chi connectivity index (χ2v) is 11.4. The van der Waals surface area contributed by atoms with Crippen LogP contribution in [0, 0.1) is 17.8 Å². The van der Waals surface area contributed by atoms with E-state index in [0.29, 0.717) is 12.2 Å². The lowest BCUT2D eigenvalue weighted by Gasteiger charge is -2.28. The molecule has 0 saturated heterocycles. The van der Waals surface area contributed by atoms with E-state index in [0.717, 1.165) is 5.57 Å². The van der Waals surface area contributed by atoms with Crippen LogP contribution in [0.5, 0.6) is 0 Å². The molecule has 0 aliphatic carbocycles. The van der Waals surface area contributed by atoms with Gasteiger partial charge in [-0.2, -0.15) is 0 Å².